The number of pyridine rings is 1. The summed E-state index contributed by atoms with van der Waals surface area (Å²) in [6.45, 7) is 1.67. The average Bonchev–Trinajstić information content (AvgIpc) is 3.70. The third kappa shape index (κ3) is 9.37. The van der Waals surface area contributed by atoms with Crippen LogP contribution in [-0.4, -0.2) is 61.1 Å². The van der Waals surface area contributed by atoms with E-state index in [0.717, 1.165) is 24.3 Å². The van der Waals surface area contributed by atoms with Crippen LogP contribution in [0.15, 0.2) is 48.8 Å². The summed E-state index contributed by atoms with van der Waals surface area (Å²) in [4.78, 5) is 42.2. The molecule has 2 aromatic rings. The van der Waals surface area contributed by atoms with Crippen LogP contribution in [0.25, 0.3) is 0 Å². The van der Waals surface area contributed by atoms with Gasteiger partial charge in [-0.1, -0.05) is 31.5 Å². The minimum Gasteiger partial charge on any atom is -0.347 e. The quantitative estimate of drug-likeness (QED) is 0.229. The molecule has 0 radical (unpaired) electrons. The number of carbonyl (C=O) groups excluding carboxylic acids is 3. The van der Waals surface area contributed by atoms with Gasteiger partial charge in [0, 0.05) is 18.4 Å². The Morgan fingerprint density at radius 1 is 1.07 bits per heavy atom. The summed E-state index contributed by atoms with van der Waals surface area (Å²) in [5.74, 6) is -5.59. The number of carbonyl (C=O) groups is 3. The number of Topliss-reactive ketones (excluding diaryl/α,β-unsaturated/α-hetero) is 1. The van der Waals surface area contributed by atoms with Crippen molar-refractivity contribution in [1.82, 2.24) is 20.9 Å². The highest BCUT2D eigenvalue weighted by Gasteiger charge is 2.44. The van der Waals surface area contributed by atoms with Crippen molar-refractivity contribution in [3.8, 4) is 0 Å². The van der Waals surface area contributed by atoms with Crippen molar-refractivity contribution in [1.29, 1.82) is 0 Å². The van der Waals surface area contributed by atoms with Crippen LogP contribution in [0, 0.1) is 5.82 Å². The van der Waals surface area contributed by atoms with Crippen LogP contribution in [0.1, 0.15) is 49.8 Å². The molecule has 3 rings (SSSR count). The summed E-state index contributed by atoms with van der Waals surface area (Å²) in [6, 6.07) is 0.218. The number of hydrogen-bond acceptors (Lipinski definition) is 7. The van der Waals surface area contributed by atoms with Gasteiger partial charge in [0.05, 0.1) is 17.5 Å². The second-order valence-corrected chi connectivity index (χ2v) is 11.7. The van der Waals surface area contributed by atoms with Crippen molar-refractivity contribution in [2.24, 2.45) is 0 Å². The van der Waals surface area contributed by atoms with Crippen LogP contribution in [0.4, 0.5) is 17.6 Å². The third-order valence-electron chi connectivity index (χ3n) is 6.09. The number of amides is 2. The number of sulfone groups is 1. The predicted octanol–water partition coefficient (Wildman–Crippen LogP) is 2.53. The highest BCUT2D eigenvalue weighted by molar-refractivity contribution is 7.90. The molecule has 218 valence electrons. The number of halogens is 4. The van der Waals surface area contributed by atoms with Gasteiger partial charge in [0.2, 0.25) is 11.7 Å². The summed E-state index contributed by atoms with van der Waals surface area (Å²) in [7, 11) is -4.21. The normalized spacial score (nSPS) is 16.0. The van der Waals surface area contributed by atoms with Crippen molar-refractivity contribution < 1.29 is 40.4 Å². The molecule has 3 atom stereocenters. The van der Waals surface area contributed by atoms with Gasteiger partial charge in [0.15, 0.2) is 9.84 Å². The molecule has 1 aliphatic rings. The number of rotatable bonds is 14. The number of ketones is 1. The van der Waals surface area contributed by atoms with E-state index in [2.05, 4.69) is 20.9 Å². The van der Waals surface area contributed by atoms with E-state index < -0.39 is 74.6 Å². The Morgan fingerprint density at radius 3 is 2.30 bits per heavy atom. The van der Waals surface area contributed by atoms with Crippen LogP contribution >= 0.6 is 0 Å². The molecule has 1 saturated carbocycles. The zero-order valence-corrected chi connectivity index (χ0v) is 22.4. The highest BCUT2D eigenvalue weighted by atomic mass is 32.2. The van der Waals surface area contributed by atoms with Gasteiger partial charge in [0.1, 0.15) is 17.9 Å². The SMILES string of the molecule is CCCC(NC(=O)[C@@H](CS(=O)(=O)Cc1cccnc1)N[C@H](c1ccc(F)cc1)C(F)(F)F)C(=O)C(=O)NC1CC1. The molecular formula is C26H30F4N4O5S. The lowest BCUT2D eigenvalue weighted by Gasteiger charge is -2.28. The van der Waals surface area contributed by atoms with E-state index in [1.54, 1.807) is 6.92 Å². The molecule has 0 spiro atoms. The molecule has 3 N–H and O–H groups in total. The van der Waals surface area contributed by atoms with Crippen molar-refractivity contribution in [2.45, 2.75) is 68.7 Å². The van der Waals surface area contributed by atoms with Crippen LogP contribution in [0.2, 0.25) is 0 Å². The van der Waals surface area contributed by atoms with Gasteiger partial charge in [-0.2, -0.15) is 13.2 Å². The van der Waals surface area contributed by atoms with Gasteiger partial charge < -0.3 is 10.6 Å². The van der Waals surface area contributed by atoms with Crippen LogP contribution < -0.4 is 16.0 Å². The first-order chi connectivity index (χ1) is 18.8. The maximum absolute atomic E-state index is 14.1. The smallest absolute Gasteiger partial charge is 0.347 e. The fraction of sp³-hybridized carbons (Fsp3) is 0.462. The molecule has 1 unspecified atom stereocenters. The molecule has 0 saturated heterocycles. The first-order valence-electron chi connectivity index (χ1n) is 12.6. The van der Waals surface area contributed by atoms with E-state index in [1.807, 2.05) is 0 Å². The largest absolute Gasteiger partial charge is 0.407 e. The molecule has 9 nitrogen and oxygen atoms in total. The van der Waals surface area contributed by atoms with E-state index in [9.17, 15) is 40.4 Å². The number of hydrogen-bond donors (Lipinski definition) is 3. The first kappa shape index (κ1) is 31.1. The number of nitrogens with one attached hydrogen (secondary N) is 3. The van der Waals surface area contributed by atoms with E-state index in [1.165, 1.54) is 24.5 Å². The third-order valence-corrected chi connectivity index (χ3v) is 7.71. The molecule has 40 heavy (non-hydrogen) atoms. The highest BCUT2D eigenvalue weighted by Crippen LogP contribution is 2.33. The lowest BCUT2D eigenvalue weighted by molar-refractivity contribution is -0.160. The second-order valence-electron chi connectivity index (χ2n) is 9.62. The number of aromatic nitrogens is 1. The van der Waals surface area contributed by atoms with Gasteiger partial charge >= 0.3 is 6.18 Å². The Hall–Kier alpha value is -3.39. The monoisotopic (exact) mass is 586 g/mol. The molecule has 14 heteroatoms. The zero-order valence-electron chi connectivity index (χ0n) is 21.6. The van der Waals surface area contributed by atoms with E-state index in [-0.39, 0.29) is 18.0 Å². The lowest BCUT2D eigenvalue weighted by atomic mass is 10.0. The van der Waals surface area contributed by atoms with E-state index >= 15 is 0 Å². The van der Waals surface area contributed by atoms with Gasteiger partial charge in [-0.05, 0) is 48.6 Å². The number of alkyl halides is 3. The molecule has 1 aromatic heterocycles. The van der Waals surface area contributed by atoms with Crippen LogP contribution in [0.3, 0.4) is 0 Å². The predicted molar refractivity (Wildman–Crippen MR) is 137 cm³/mol. The Morgan fingerprint density at radius 2 is 1.75 bits per heavy atom. The molecule has 0 bridgehead atoms. The van der Waals surface area contributed by atoms with Crippen molar-refractivity contribution in [3.63, 3.8) is 0 Å². The minimum absolute atomic E-state index is 0.00151. The molecule has 1 aromatic carbocycles. The average molecular weight is 587 g/mol. The Labute approximate surface area is 229 Å². The van der Waals surface area contributed by atoms with Crippen molar-refractivity contribution in [2.75, 3.05) is 5.75 Å². The molecule has 1 fully saturated rings. The maximum Gasteiger partial charge on any atom is 0.407 e. The van der Waals surface area contributed by atoms with Gasteiger partial charge in [0.25, 0.3) is 5.91 Å². The second kappa shape index (κ2) is 13.3. The van der Waals surface area contributed by atoms with Gasteiger partial charge in [-0.25, -0.2) is 12.8 Å². The Kier molecular flexibility index (Phi) is 10.4. The fourth-order valence-electron chi connectivity index (χ4n) is 3.96. The molecule has 1 aliphatic carbocycles. The lowest BCUT2D eigenvalue weighted by Crippen LogP contribution is -2.56. The molecule has 2 amide bonds. The Bertz CT molecular complexity index is 1290. The van der Waals surface area contributed by atoms with Crippen LogP contribution in [0.5, 0.6) is 0 Å². The van der Waals surface area contributed by atoms with Crippen molar-refractivity contribution in [3.05, 3.63) is 65.7 Å². The summed E-state index contributed by atoms with van der Waals surface area (Å²) in [5.41, 5.74) is -0.204. The zero-order chi connectivity index (χ0) is 29.5. The molecule has 0 aliphatic heterocycles. The fourth-order valence-corrected chi connectivity index (χ4v) is 5.51. The summed E-state index contributed by atoms with van der Waals surface area (Å²) in [5, 5.41) is 6.85. The van der Waals surface area contributed by atoms with Gasteiger partial charge in [-0.3, -0.25) is 24.7 Å². The minimum atomic E-state index is -5.01. The van der Waals surface area contributed by atoms with E-state index in [4.69, 9.17) is 0 Å². The van der Waals surface area contributed by atoms with Gasteiger partial charge in [-0.15, -0.1) is 0 Å². The van der Waals surface area contributed by atoms with Crippen molar-refractivity contribution >= 4 is 27.4 Å². The number of nitrogens with zero attached hydrogens (tertiary/aromatic N) is 1. The Balaban J connectivity index is 1.89. The summed E-state index contributed by atoms with van der Waals surface area (Å²) >= 11 is 0. The van der Waals surface area contributed by atoms with E-state index in [0.29, 0.717) is 19.3 Å². The first-order valence-corrected chi connectivity index (χ1v) is 14.4. The summed E-state index contributed by atoms with van der Waals surface area (Å²) < 4.78 is 81.7. The number of benzene rings is 1. The summed E-state index contributed by atoms with van der Waals surface area (Å²) in [6.07, 6.45) is -0.587. The van der Waals surface area contributed by atoms with Crippen LogP contribution in [-0.2, 0) is 30.0 Å². The molecule has 1 heterocycles. The standard InChI is InChI=1S/C26H30F4N4O5S/c1-2-4-20(22(35)25(37)32-19-10-11-19)34-24(36)21(15-40(38,39)14-16-5-3-12-31-13-16)33-23(26(28,29)30)17-6-8-18(27)9-7-17/h3,5-9,12-13,19-21,23,33H,2,4,10-11,14-15H2,1H3,(H,32,37)(H,34,36)/t20?,21-,23-/m1/s1. The maximum atomic E-state index is 14.1. The topological polar surface area (TPSA) is 134 Å². The molecular weight excluding hydrogens is 556 g/mol.